The Morgan fingerprint density at radius 3 is 2.50 bits per heavy atom. The van der Waals surface area contributed by atoms with Crippen LogP contribution in [0.4, 0.5) is 5.69 Å². The second-order valence-corrected chi connectivity index (χ2v) is 3.60. The van der Waals surface area contributed by atoms with E-state index in [1.54, 1.807) is 21.1 Å². The lowest BCUT2D eigenvalue weighted by molar-refractivity contribution is -0.115. The van der Waals surface area contributed by atoms with Gasteiger partial charge in [-0.15, -0.1) is 0 Å². The lowest BCUT2D eigenvalue weighted by Crippen LogP contribution is -2.24. The summed E-state index contributed by atoms with van der Waals surface area (Å²) in [4.78, 5) is 12.9. The Bertz CT molecular complexity index is 377. The molecule has 16 heavy (non-hydrogen) atoms. The van der Waals surface area contributed by atoms with Crippen LogP contribution in [0.1, 0.15) is 6.92 Å². The highest BCUT2D eigenvalue weighted by molar-refractivity contribution is 5.81. The van der Waals surface area contributed by atoms with Crippen molar-refractivity contribution >= 4 is 11.5 Å². The van der Waals surface area contributed by atoms with Crippen molar-refractivity contribution in [2.45, 2.75) is 6.92 Å². The standard InChI is InChI=1S/C12H17NO3/c1-9(14)8-13(2)11-7-10(15-3)5-6-12(11)16-4/h5-7H,8H2,1-4H3. The van der Waals surface area contributed by atoms with Gasteiger partial charge in [-0.1, -0.05) is 0 Å². The minimum Gasteiger partial charge on any atom is -0.497 e. The zero-order valence-corrected chi connectivity index (χ0v) is 10.1. The molecule has 0 heterocycles. The number of hydrogen-bond acceptors (Lipinski definition) is 4. The number of carbonyl (C=O) groups excluding carboxylic acids is 1. The minimum absolute atomic E-state index is 0.104. The quantitative estimate of drug-likeness (QED) is 0.762. The third kappa shape index (κ3) is 2.89. The molecule has 0 saturated carbocycles. The molecule has 1 aromatic rings. The maximum atomic E-state index is 11.1. The summed E-state index contributed by atoms with van der Waals surface area (Å²) in [5, 5.41) is 0. The molecule has 0 radical (unpaired) electrons. The summed E-state index contributed by atoms with van der Waals surface area (Å²) in [5.74, 6) is 1.57. The molecule has 0 spiro atoms. The monoisotopic (exact) mass is 223 g/mol. The second kappa shape index (κ2) is 5.39. The van der Waals surface area contributed by atoms with E-state index in [4.69, 9.17) is 9.47 Å². The summed E-state index contributed by atoms with van der Waals surface area (Å²) in [6, 6.07) is 5.50. The third-order valence-electron chi connectivity index (χ3n) is 2.26. The molecule has 0 fully saturated rings. The lowest BCUT2D eigenvalue weighted by atomic mass is 10.2. The second-order valence-electron chi connectivity index (χ2n) is 3.60. The average molecular weight is 223 g/mol. The van der Waals surface area contributed by atoms with Crippen molar-refractivity contribution in [2.24, 2.45) is 0 Å². The Labute approximate surface area is 95.8 Å². The Balaban J connectivity index is 3.02. The molecule has 0 unspecified atom stereocenters. The molecule has 88 valence electrons. The van der Waals surface area contributed by atoms with Crippen LogP contribution in [0, 0.1) is 0 Å². The molecule has 0 amide bonds. The van der Waals surface area contributed by atoms with Gasteiger partial charge in [-0.05, 0) is 19.1 Å². The first kappa shape index (κ1) is 12.4. The number of likely N-dealkylation sites (N-methyl/N-ethyl adjacent to an activating group) is 1. The highest BCUT2D eigenvalue weighted by atomic mass is 16.5. The molecular weight excluding hydrogens is 206 g/mol. The molecule has 0 aromatic heterocycles. The molecule has 1 aromatic carbocycles. The highest BCUT2D eigenvalue weighted by Gasteiger charge is 2.10. The van der Waals surface area contributed by atoms with E-state index in [1.807, 2.05) is 30.1 Å². The summed E-state index contributed by atoms with van der Waals surface area (Å²) >= 11 is 0. The number of ketones is 1. The number of carbonyl (C=O) groups is 1. The fraction of sp³-hybridized carbons (Fsp3) is 0.417. The van der Waals surface area contributed by atoms with E-state index in [2.05, 4.69) is 0 Å². The molecule has 0 N–H and O–H groups in total. The minimum atomic E-state index is 0.104. The Kier molecular flexibility index (Phi) is 4.17. The first-order chi connectivity index (χ1) is 7.58. The van der Waals surface area contributed by atoms with Gasteiger partial charge < -0.3 is 14.4 Å². The third-order valence-corrected chi connectivity index (χ3v) is 2.26. The van der Waals surface area contributed by atoms with E-state index in [0.29, 0.717) is 6.54 Å². The molecule has 0 bridgehead atoms. The predicted molar refractivity (Wildman–Crippen MR) is 63.5 cm³/mol. The van der Waals surface area contributed by atoms with E-state index < -0.39 is 0 Å². The van der Waals surface area contributed by atoms with Gasteiger partial charge in [0.25, 0.3) is 0 Å². The summed E-state index contributed by atoms with van der Waals surface area (Å²) in [5.41, 5.74) is 0.844. The topological polar surface area (TPSA) is 38.8 Å². The summed E-state index contributed by atoms with van der Waals surface area (Å²) in [6.07, 6.45) is 0. The molecule has 0 aliphatic heterocycles. The molecule has 1 rings (SSSR count). The van der Waals surface area contributed by atoms with Crippen LogP contribution in [-0.4, -0.2) is 33.6 Å². The van der Waals surface area contributed by atoms with Gasteiger partial charge in [0.2, 0.25) is 0 Å². The van der Waals surface area contributed by atoms with E-state index in [1.165, 1.54) is 0 Å². The van der Waals surface area contributed by atoms with Crippen molar-refractivity contribution in [3.63, 3.8) is 0 Å². The van der Waals surface area contributed by atoms with Gasteiger partial charge in [-0.2, -0.15) is 0 Å². The van der Waals surface area contributed by atoms with Gasteiger partial charge in [-0.3, -0.25) is 4.79 Å². The van der Waals surface area contributed by atoms with Crippen molar-refractivity contribution in [3.05, 3.63) is 18.2 Å². The first-order valence-corrected chi connectivity index (χ1v) is 5.01. The van der Waals surface area contributed by atoms with Crippen molar-refractivity contribution in [1.82, 2.24) is 0 Å². The number of methoxy groups -OCH3 is 2. The molecular formula is C12H17NO3. The van der Waals surface area contributed by atoms with Crippen LogP contribution in [0.2, 0.25) is 0 Å². The van der Waals surface area contributed by atoms with E-state index >= 15 is 0 Å². The number of ether oxygens (including phenoxy) is 2. The van der Waals surface area contributed by atoms with Crippen LogP contribution in [0.15, 0.2) is 18.2 Å². The van der Waals surface area contributed by atoms with Crippen molar-refractivity contribution in [2.75, 3.05) is 32.7 Å². The molecule has 0 atom stereocenters. The van der Waals surface area contributed by atoms with Crippen LogP contribution in [-0.2, 0) is 4.79 Å². The molecule has 0 saturated heterocycles. The summed E-state index contributed by atoms with van der Waals surface area (Å²) < 4.78 is 10.4. The van der Waals surface area contributed by atoms with Crippen LogP contribution >= 0.6 is 0 Å². The van der Waals surface area contributed by atoms with Gasteiger partial charge >= 0.3 is 0 Å². The van der Waals surface area contributed by atoms with Crippen LogP contribution in [0.25, 0.3) is 0 Å². The van der Waals surface area contributed by atoms with Gasteiger partial charge in [-0.25, -0.2) is 0 Å². The normalized spacial score (nSPS) is 9.75. The van der Waals surface area contributed by atoms with Crippen LogP contribution in [0.3, 0.4) is 0 Å². The average Bonchev–Trinajstić information content (AvgIpc) is 2.27. The number of benzene rings is 1. The number of Topliss-reactive ketones (excluding diaryl/α,β-unsaturated/α-hetero) is 1. The number of rotatable bonds is 5. The molecule has 4 nitrogen and oxygen atoms in total. The maximum Gasteiger partial charge on any atom is 0.149 e. The molecule has 0 aliphatic rings. The maximum absolute atomic E-state index is 11.1. The number of hydrogen-bond donors (Lipinski definition) is 0. The lowest BCUT2D eigenvalue weighted by Gasteiger charge is -2.20. The molecule has 4 heteroatoms. The van der Waals surface area contributed by atoms with E-state index in [-0.39, 0.29) is 5.78 Å². The number of nitrogens with zero attached hydrogens (tertiary/aromatic N) is 1. The summed E-state index contributed by atoms with van der Waals surface area (Å²) in [7, 11) is 5.06. The first-order valence-electron chi connectivity index (χ1n) is 5.01. The predicted octanol–water partition coefficient (Wildman–Crippen LogP) is 1.73. The van der Waals surface area contributed by atoms with E-state index in [9.17, 15) is 4.79 Å². The largest absolute Gasteiger partial charge is 0.497 e. The Hall–Kier alpha value is -1.71. The Morgan fingerprint density at radius 1 is 1.31 bits per heavy atom. The van der Waals surface area contributed by atoms with Crippen molar-refractivity contribution in [1.29, 1.82) is 0 Å². The highest BCUT2D eigenvalue weighted by Crippen LogP contribution is 2.31. The fourth-order valence-electron chi connectivity index (χ4n) is 1.51. The van der Waals surface area contributed by atoms with E-state index in [0.717, 1.165) is 17.2 Å². The number of anilines is 1. The fourth-order valence-corrected chi connectivity index (χ4v) is 1.51. The molecule has 0 aliphatic carbocycles. The van der Waals surface area contributed by atoms with Crippen LogP contribution in [0.5, 0.6) is 11.5 Å². The van der Waals surface area contributed by atoms with Gasteiger partial charge in [0.1, 0.15) is 17.3 Å². The zero-order chi connectivity index (χ0) is 12.1. The van der Waals surface area contributed by atoms with Gasteiger partial charge in [0, 0.05) is 13.1 Å². The van der Waals surface area contributed by atoms with Gasteiger partial charge in [0.05, 0.1) is 26.5 Å². The zero-order valence-electron chi connectivity index (χ0n) is 10.1. The summed E-state index contributed by atoms with van der Waals surface area (Å²) in [6.45, 7) is 1.91. The Morgan fingerprint density at radius 2 is 2.00 bits per heavy atom. The SMILES string of the molecule is COc1ccc(OC)c(N(C)CC(C)=O)c1. The smallest absolute Gasteiger partial charge is 0.149 e. The van der Waals surface area contributed by atoms with Crippen molar-refractivity contribution in [3.8, 4) is 11.5 Å². The van der Waals surface area contributed by atoms with Gasteiger partial charge in [0.15, 0.2) is 0 Å². The van der Waals surface area contributed by atoms with Crippen molar-refractivity contribution < 1.29 is 14.3 Å². The van der Waals surface area contributed by atoms with Crippen LogP contribution < -0.4 is 14.4 Å².